The van der Waals surface area contributed by atoms with E-state index in [-0.39, 0.29) is 19.1 Å². The van der Waals surface area contributed by atoms with E-state index in [0.29, 0.717) is 23.9 Å². The zero-order valence-electron chi connectivity index (χ0n) is 30.4. The molecular formula is C36H76N2O6P+. The van der Waals surface area contributed by atoms with Crippen molar-refractivity contribution in [3.8, 4) is 0 Å². The minimum Gasteiger partial charge on any atom is -0.391 e. The molecule has 1 amide bonds. The number of likely N-dealkylation sites (N-methyl/N-ethyl adjacent to an activating group) is 1. The first-order valence-electron chi connectivity index (χ1n) is 18.9. The topological polar surface area (TPSA) is 105 Å². The van der Waals surface area contributed by atoms with E-state index in [1.807, 2.05) is 21.1 Å². The highest BCUT2D eigenvalue weighted by molar-refractivity contribution is 7.47. The minimum atomic E-state index is -4.29. The highest BCUT2D eigenvalue weighted by Crippen LogP contribution is 2.43. The fraction of sp³-hybridized carbons (Fsp3) is 0.972. The zero-order chi connectivity index (χ0) is 33.7. The molecule has 0 aliphatic carbocycles. The molecule has 270 valence electrons. The number of phosphoric ester groups is 1. The van der Waals surface area contributed by atoms with E-state index in [1.54, 1.807) is 0 Å². The van der Waals surface area contributed by atoms with E-state index < -0.39 is 20.0 Å². The van der Waals surface area contributed by atoms with Crippen LogP contribution in [-0.4, -0.2) is 73.4 Å². The lowest BCUT2D eigenvalue weighted by atomic mass is 10.0. The van der Waals surface area contributed by atoms with Gasteiger partial charge < -0.3 is 19.8 Å². The van der Waals surface area contributed by atoms with Gasteiger partial charge in [0.25, 0.3) is 0 Å². The van der Waals surface area contributed by atoms with Crippen molar-refractivity contribution in [2.45, 2.75) is 187 Å². The molecule has 0 aromatic rings. The molecule has 0 fully saturated rings. The maximum Gasteiger partial charge on any atom is 0.472 e. The summed E-state index contributed by atoms with van der Waals surface area (Å²) in [4.78, 5) is 22.9. The third-order valence-corrected chi connectivity index (χ3v) is 9.59. The first-order valence-corrected chi connectivity index (χ1v) is 20.4. The lowest BCUT2D eigenvalue weighted by molar-refractivity contribution is -0.870. The fourth-order valence-corrected chi connectivity index (χ4v) is 6.25. The van der Waals surface area contributed by atoms with Crippen LogP contribution in [0.2, 0.25) is 0 Å². The molecule has 0 saturated carbocycles. The van der Waals surface area contributed by atoms with Crippen LogP contribution >= 0.6 is 7.82 Å². The minimum absolute atomic E-state index is 0.0779. The third kappa shape index (κ3) is 31.8. The Morgan fingerprint density at radius 3 is 1.49 bits per heavy atom. The predicted octanol–water partition coefficient (Wildman–Crippen LogP) is 9.46. The molecule has 0 bridgehead atoms. The van der Waals surface area contributed by atoms with Crippen LogP contribution in [0.15, 0.2) is 0 Å². The average molecular weight is 664 g/mol. The van der Waals surface area contributed by atoms with E-state index in [9.17, 15) is 19.4 Å². The highest BCUT2D eigenvalue weighted by atomic mass is 31.2. The zero-order valence-corrected chi connectivity index (χ0v) is 31.3. The van der Waals surface area contributed by atoms with E-state index in [2.05, 4.69) is 19.2 Å². The molecule has 0 aliphatic rings. The largest absolute Gasteiger partial charge is 0.472 e. The van der Waals surface area contributed by atoms with Gasteiger partial charge in [-0.05, 0) is 12.8 Å². The Morgan fingerprint density at radius 1 is 0.667 bits per heavy atom. The first-order chi connectivity index (χ1) is 21.5. The predicted molar refractivity (Wildman–Crippen MR) is 189 cm³/mol. The van der Waals surface area contributed by atoms with Crippen LogP contribution in [0.3, 0.4) is 0 Å². The van der Waals surface area contributed by atoms with Crippen LogP contribution in [0.4, 0.5) is 0 Å². The SMILES string of the molecule is CCCCCCCCCCCCCCCC(O)C(COP(=O)(O)OCC[N+](C)(C)C)NC(=O)CCCCCCCCCCCC. The van der Waals surface area contributed by atoms with Crippen molar-refractivity contribution in [2.75, 3.05) is 40.9 Å². The summed E-state index contributed by atoms with van der Waals surface area (Å²) in [7, 11) is 1.62. The monoisotopic (exact) mass is 664 g/mol. The average Bonchev–Trinajstić information content (AvgIpc) is 2.97. The fourth-order valence-electron chi connectivity index (χ4n) is 5.52. The number of nitrogens with zero attached hydrogens (tertiary/aromatic N) is 1. The molecule has 3 atom stereocenters. The van der Waals surface area contributed by atoms with Gasteiger partial charge in [-0.25, -0.2) is 4.57 Å². The van der Waals surface area contributed by atoms with Crippen molar-refractivity contribution < 1.29 is 32.9 Å². The van der Waals surface area contributed by atoms with Gasteiger partial charge in [-0.1, -0.05) is 155 Å². The number of amides is 1. The van der Waals surface area contributed by atoms with Crippen molar-refractivity contribution >= 4 is 13.7 Å². The van der Waals surface area contributed by atoms with Crippen molar-refractivity contribution in [1.29, 1.82) is 0 Å². The van der Waals surface area contributed by atoms with Crippen LogP contribution < -0.4 is 5.32 Å². The number of aliphatic hydroxyl groups excluding tert-OH is 1. The maximum absolute atomic E-state index is 12.7. The van der Waals surface area contributed by atoms with E-state index in [1.165, 1.54) is 109 Å². The van der Waals surface area contributed by atoms with Crippen molar-refractivity contribution in [2.24, 2.45) is 0 Å². The van der Waals surface area contributed by atoms with E-state index in [4.69, 9.17) is 9.05 Å². The standard InChI is InChI=1S/C36H75N2O6P/c1-6-8-10-12-14-16-18-19-20-21-23-25-27-29-35(39)34(33-44-45(41,42)43-32-31-38(3,4)5)37-36(40)30-28-26-24-22-17-15-13-11-9-7-2/h34-35,39H,6-33H2,1-5H3,(H-,37,40,41,42)/p+1. The molecule has 0 radical (unpaired) electrons. The highest BCUT2D eigenvalue weighted by Gasteiger charge is 2.28. The molecule has 3 N–H and O–H groups in total. The van der Waals surface area contributed by atoms with Gasteiger partial charge in [-0.15, -0.1) is 0 Å². The van der Waals surface area contributed by atoms with Crippen molar-refractivity contribution in [3.63, 3.8) is 0 Å². The smallest absolute Gasteiger partial charge is 0.391 e. The van der Waals surface area contributed by atoms with Gasteiger partial charge in [0.2, 0.25) is 5.91 Å². The molecule has 0 aliphatic heterocycles. The summed E-state index contributed by atoms with van der Waals surface area (Å²) in [6, 6.07) is -0.750. The van der Waals surface area contributed by atoms with Gasteiger partial charge >= 0.3 is 7.82 Å². The number of nitrogens with one attached hydrogen (secondary N) is 1. The van der Waals surface area contributed by atoms with Crippen LogP contribution in [0, 0.1) is 0 Å². The molecule has 0 spiro atoms. The van der Waals surface area contributed by atoms with E-state index in [0.717, 1.165) is 38.5 Å². The quantitative estimate of drug-likeness (QED) is 0.0360. The summed E-state index contributed by atoms with van der Waals surface area (Å²) in [6.07, 6.45) is 28.3. The van der Waals surface area contributed by atoms with Crippen LogP contribution in [0.5, 0.6) is 0 Å². The van der Waals surface area contributed by atoms with Gasteiger partial charge in [0, 0.05) is 6.42 Å². The van der Waals surface area contributed by atoms with Gasteiger partial charge in [0.15, 0.2) is 0 Å². The number of rotatable bonds is 34. The molecule has 0 aromatic heterocycles. The second kappa shape index (κ2) is 29.6. The number of hydrogen-bond donors (Lipinski definition) is 3. The Labute approximate surface area is 279 Å². The summed E-state index contributed by atoms with van der Waals surface area (Å²) in [5.41, 5.74) is 0. The first kappa shape index (κ1) is 44.5. The normalized spacial score (nSPS) is 14.7. The Hall–Kier alpha value is -0.500. The number of carbonyl (C=O) groups excluding carboxylic acids is 1. The number of hydrogen-bond acceptors (Lipinski definition) is 5. The number of unbranched alkanes of at least 4 members (excludes halogenated alkanes) is 21. The number of aliphatic hydroxyl groups is 1. The van der Waals surface area contributed by atoms with Gasteiger partial charge in [0.1, 0.15) is 13.2 Å². The molecule has 45 heavy (non-hydrogen) atoms. The van der Waals surface area contributed by atoms with Gasteiger partial charge in [-0.2, -0.15) is 0 Å². The van der Waals surface area contributed by atoms with Gasteiger partial charge in [-0.3, -0.25) is 13.8 Å². The second-order valence-electron chi connectivity index (χ2n) is 14.3. The molecule has 0 rings (SSSR count). The number of phosphoric acid groups is 1. The molecule has 8 nitrogen and oxygen atoms in total. The van der Waals surface area contributed by atoms with Crippen LogP contribution in [0.25, 0.3) is 0 Å². The van der Waals surface area contributed by atoms with E-state index >= 15 is 0 Å². The van der Waals surface area contributed by atoms with Crippen LogP contribution in [0.1, 0.15) is 174 Å². The second-order valence-corrected chi connectivity index (χ2v) is 15.8. The lowest BCUT2D eigenvalue weighted by Gasteiger charge is -2.26. The van der Waals surface area contributed by atoms with Crippen LogP contribution in [-0.2, 0) is 18.4 Å². The van der Waals surface area contributed by atoms with Gasteiger partial charge in [0.05, 0.1) is 39.9 Å². The molecule has 0 saturated heterocycles. The lowest BCUT2D eigenvalue weighted by Crippen LogP contribution is -2.46. The van der Waals surface area contributed by atoms with Crippen molar-refractivity contribution in [1.82, 2.24) is 5.32 Å². The summed E-state index contributed by atoms with van der Waals surface area (Å²) in [5, 5.41) is 13.8. The number of carbonyl (C=O) groups is 1. The third-order valence-electron chi connectivity index (χ3n) is 8.61. The Bertz CT molecular complexity index is 718. The molecule has 0 heterocycles. The maximum atomic E-state index is 12.7. The summed E-state index contributed by atoms with van der Waals surface area (Å²) >= 11 is 0. The number of quaternary nitrogens is 1. The molecule has 9 heteroatoms. The molecule has 0 aromatic carbocycles. The molecular weight excluding hydrogens is 587 g/mol. The Morgan fingerprint density at radius 2 is 1.07 bits per heavy atom. The summed E-state index contributed by atoms with van der Waals surface area (Å²) in [6.45, 7) is 4.86. The Kier molecular flexibility index (Phi) is 29.3. The Balaban J connectivity index is 4.46. The van der Waals surface area contributed by atoms with Crippen molar-refractivity contribution in [3.05, 3.63) is 0 Å². The molecule has 3 unspecified atom stereocenters. The summed E-state index contributed by atoms with van der Waals surface area (Å²) in [5.74, 6) is -0.147. The summed E-state index contributed by atoms with van der Waals surface area (Å²) < 4.78 is 23.5.